The molecular formula is C18H25N5O. The van der Waals surface area contributed by atoms with Gasteiger partial charge in [-0.2, -0.15) is 9.90 Å². The van der Waals surface area contributed by atoms with E-state index in [2.05, 4.69) is 33.4 Å². The first kappa shape index (κ1) is 16.6. The Balaban J connectivity index is 1.67. The predicted octanol–water partition coefficient (Wildman–Crippen LogP) is 2.02. The molecule has 1 aromatic heterocycles. The number of nitrogens with zero attached hydrogens (tertiary/aromatic N) is 4. The van der Waals surface area contributed by atoms with Gasteiger partial charge in [0.15, 0.2) is 5.69 Å². The van der Waals surface area contributed by atoms with E-state index in [1.807, 2.05) is 26.0 Å². The molecule has 2 heterocycles. The Bertz CT molecular complexity index is 731. The second kappa shape index (κ2) is 7.13. The third-order valence-electron chi connectivity index (χ3n) is 4.48. The van der Waals surface area contributed by atoms with Gasteiger partial charge in [-0.3, -0.25) is 4.79 Å². The lowest BCUT2D eigenvalue weighted by Gasteiger charge is -2.14. The highest BCUT2D eigenvalue weighted by Crippen LogP contribution is 2.15. The molecule has 3 rings (SSSR count). The Morgan fingerprint density at radius 2 is 1.92 bits per heavy atom. The van der Waals surface area contributed by atoms with Gasteiger partial charge in [0.1, 0.15) is 0 Å². The summed E-state index contributed by atoms with van der Waals surface area (Å²) in [6.45, 7) is 9.72. The zero-order chi connectivity index (χ0) is 17.1. The SMILES string of the molecule is Cc1ccc(-n2nc(C)c(C(=O)NCCN3CCCC3)n2)c(C)c1. The van der Waals surface area contributed by atoms with Crippen molar-refractivity contribution in [2.45, 2.75) is 33.6 Å². The quantitative estimate of drug-likeness (QED) is 0.912. The van der Waals surface area contributed by atoms with E-state index in [-0.39, 0.29) is 5.91 Å². The van der Waals surface area contributed by atoms with Crippen LogP contribution in [0, 0.1) is 20.8 Å². The Kier molecular flexibility index (Phi) is 4.94. The first-order valence-corrected chi connectivity index (χ1v) is 8.57. The van der Waals surface area contributed by atoms with Gasteiger partial charge in [-0.05, 0) is 58.3 Å². The maximum atomic E-state index is 12.4. The number of rotatable bonds is 5. The summed E-state index contributed by atoms with van der Waals surface area (Å²) in [5.41, 5.74) is 4.23. The number of nitrogens with one attached hydrogen (secondary N) is 1. The van der Waals surface area contributed by atoms with Gasteiger partial charge in [-0.15, -0.1) is 5.10 Å². The van der Waals surface area contributed by atoms with Crippen molar-refractivity contribution >= 4 is 5.91 Å². The van der Waals surface area contributed by atoms with Crippen LogP contribution in [0.5, 0.6) is 0 Å². The van der Waals surface area contributed by atoms with Crippen LogP contribution in [0.1, 0.15) is 40.2 Å². The first-order valence-electron chi connectivity index (χ1n) is 8.57. The number of amides is 1. The minimum Gasteiger partial charge on any atom is -0.349 e. The van der Waals surface area contributed by atoms with E-state index in [0.717, 1.165) is 30.9 Å². The molecule has 128 valence electrons. The molecule has 1 aliphatic rings. The molecule has 0 saturated carbocycles. The summed E-state index contributed by atoms with van der Waals surface area (Å²) in [7, 11) is 0. The van der Waals surface area contributed by atoms with E-state index in [1.54, 1.807) is 4.80 Å². The summed E-state index contributed by atoms with van der Waals surface area (Å²) in [6, 6.07) is 6.10. The van der Waals surface area contributed by atoms with E-state index in [1.165, 1.54) is 18.4 Å². The molecule has 24 heavy (non-hydrogen) atoms. The van der Waals surface area contributed by atoms with Crippen LogP contribution < -0.4 is 5.32 Å². The second-order valence-corrected chi connectivity index (χ2v) is 6.52. The normalized spacial score (nSPS) is 15.0. The highest BCUT2D eigenvalue weighted by molar-refractivity contribution is 5.93. The molecule has 1 saturated heterocycles. The number of aromatic nitrogens is 3. The van der Waals surface area contributed by atoms with Crippen LogP contribution in [0.15, 0.2) is 18.2 Å². The third kappa shape index (κ3) is 3.64. The maximum absolute atomic E-state index is 12.4. The predicted molar refractivity (Wildman–Crippen MR) is 93.6 cm³/mol. The highest BCUT2D eigenvalue weighted by Gasteiger charge is 2.17. The maximum Gasteiger partial charge on any atom is 0.273 e. The van der Waals surface area contributed by atoms with Gasteiger partial charge in [0.2, 0.25) is 0 Å². The van der Waals surface area contributed by atoms with Gasteiger partial charge in [0.25, 0.3) is 5.91 Å². The molecule has 0 unspecified atom stereocenters. The van der Waals surface area contributed by atoms with Crippen molar-refractivity contribution in [2.24, 2.45) is 0 Å². The van der Waals surface area contributed by atoms with Crippen molar-refractivity contribution in [2.75, 3.05) is 26.2 Å². The lowest BCUT2D eigenvalue weighted by atomic mass is 10.1. The number of hydrogen-bond acceptors (Lipinski definition) is 4. The van der Waals surface area contributed by atoms with Gasteiger partial charge >= 0.3 is 0 Å². The van der Waals surface area contributed by atoms with Gasteiger partial charge in [0, 0.05) is 13.1 Å². The summed E-state index contributed by atoms with van der Waals surface area (Å²) in [6.07, 6.45) is 2.52. The second-order valence-electron chi connectivity index (χ2n) is 6.52. The molecule has 1 fully saturated rings. The van der Waals surface area contributed by atoms with Crippen molar-refractivity contribution in [3.63, 3.8) is 0 Å². The van der Waals surface area contributed by atoms with Crippen LogP contribution in [-0.4, -0.2) is 52.0 Å². The molecule has 2 aromatic rings. The van der Waals surface area contributed by atoms with Crippen LogP contribution in [0.25, 0.3) is 5.69 Å². The van der Waals surface area contributed by atoms with Crippen molar-refractivity contribution in [3.8, 4) is 5.69 Å². The van der Waals surface area contributed by atoms with E-state index in [0.29, 0.717) is 17.9 Å². The zero-order valence-corrected chi connectivity index (χ0v) is 14.7. The van der Waals surface area contributed by atoms with E-state index < -0.39 is 0 Å². The average Bonchev–Trinajstić information content (AvgIpc) is 3.17. The average molecular weight is 327 g/mol. The molecule has 6 nitrogen and oxygen atoms in total. The monoisotopic (exact) mass is 327 g/mol. The zero-order valence-electron chi connectivity index (χ0n) is 14.7. The Morgan fingerprint density at radius 1 is 1.17 bits per heavy atom. The molecule has 1 amide bonds. The van der Waals surface area contributed by atoms with Gasteiger partial charge in [-0.25, -0.2) is 0 Å². The molecule has 1 aromatic carbocycles. The molecule has 6 heteroatoms. The molecule has 0 radical (unpaired) electrons. The summed E-state index contributed by atoms with van der Waals surface area (Å²) in [4.78, 5) is 16.3. The van der Waals surface area contributed by atoms with E-state index >= 15 is 0 Å². The molecule has 1 N–H and O–H groups in total. The topological polar surface area (TPSA) is 63.1 Å². The number of aryl methyl sites for hydroxylation is 3. The molecule has 0 atom stereocenters. The van der Waals surface area contributed by atoms with Gasteiger partial charge < -0.3 is 10.2 Å². The molecule has 0 aliphatic carbocycles. The minimum absolute atomic E-state index is 0.150. The number of likely N-dealkylation sites (tertiary alicyclic amines) is 1. The van der Waals surface area contributed by atoms with Crippen LogP contribution in [0.4, 0.5) is 0 Å². The van der Waals surface area contributed by atoms with Crippen LogP contribution >= 0.6 is 0 Å². The summed E-state index contributed by atoms with van der Waals surface area (Å²) in [5.74, 6) is -0.150. The number of benzene rings is 1. The largest absolute Gasteiger partial charge is 0.349 e. The molecule has 0 spiro atoms. The third-order valence-corrected chi connectivity index (χ3v) is 4.48. The summed E-state index contributed by atoms with van der Waals surface area (Å²) in [5, 5.41) is 11.8. The number of hydrogen-bond donors (Lipinski definition) is 1. The van der Waals surface area contributed by atoms with Gasteiger partial charge in [-0.1, -0.05) is 17.7 Å². The molecule has 1 aliphatic heterocycles. The number of carbonyl (C=O) groups is 1. The van der Waals surface area contributed by atoms with Crippen molar-refractivity contribution < 1.29 is 4.79 Å². The Morgan fingerprint density at radius 3 is 2.62 bits per heavy atom. The van der Waals surface area contributed by atoms with Gasteiger partial charge in [0.05, 0.1) is 11.4 Å². The lowest BCUT2D eigenvalue weighted by molar-refractivity contribution is 0.0943. The Labute approximate surface area is 142 Å². The highest BCUT2D eigenvalue weighted by atomic mass is 16.2. The molecule has 0 bridgehead atoms. The summed E-state index contributed by atoms with van der Waals surface area (Å²) >= 11 is 0. The minimum atomic E-state index is -0.150. The lowest BCUT2D eigenvalue weighted by Crippen LogP contribution is -2.34. The fourth-order valence-electron chi connectivity index (χ4n) is 3.14. The van der Waals surface area contributed by atoms with Crippen LogP contribution in [-0.2, 0) is 0 Å². The molecular weight excluding hydrogens is 302 g/mol. The van der Waals surface area contributed by atoms with E-state index in [4.69, 9.17) is 0 Å². The standard InChI is InChI=1S/C18H25N5O/c1-13-6-7-16(14(2)12-13)23-20-15(3)17(21-23)18(24)19-8-11-22-9-4-5-10-22/h6-7,12H,4-5,8-11H2,1-3H3,(H,19,24). The van der Waals surface area contributed by atoms with Crippen molar-refractivity contribution in [1.29, 1.82) is 0 Å². The number of carbonyl (C=O) groups excluding carboxylic acids is 1. The smallest absolute Gasteiger partial charge is 0.273 e. The Hall–Kier alpha value is -2.21. The van der Waals surface area contributed by atoms with Crippen molar-refractivity contribution in [1.82, 2.24) is 25.2 Å². The van der Waals surface area contributed by atoms with Crippen LogP contribution in [0.3, 0.4) is 0 Å². The fourth-order valence-corrected chi connectivity index (χ4v) is 3.14. The van der Waals surface area contributed by atoms with E-state index in [9.17, 15) is 4.79 Å². The summed E-state index contributed by atoms with van der Waals surface area (Å²) < 4.78 is 0. The van der Waals surface area contributed by atoms with Crippen LogP contribution in [0.2, 0.25) is 0 Å². The fraction of sp³-hybridized carbons (Fsp3) is 0.500. The first-order chi connectivity index (χ1) is 11.5. The van der Waals surface area contributed by atoms with Crippen molar-refractivity contribution in [3.05, 3.63) is 40.7 Å².